The molecule has 0 amide bonds. The Hall–Kier alpha value is -0.240. The minimum atomic E-state index is 0.335. The molecule has 0 fully saturated rings. The number of hydrogen-bond acceptors (Lipinski definition) is 1. The van der Waals surface area contributed by atoms with Crippen molar-refractivity contribution < 1.29 is 0 Å². The molecule has 0 aliphatic carbocycles. The van der Waals surface area contributed by atoms with Gasteiger partial charge in [-0.15, -0.1) is 11.6 Å². The molecule has 0 heterocycles. The molecule has 1 nitrogen and oxygen atoms in total. The van der Waals surface area contributed by atoms with Gasteiger partial charge in [0.25, 0.3) is 0 Å². The number of hydrogen-bond donors (Lipinski definition) is 0. The maximum Gasteiger partial charge on any atom is 0.0453 e. The Morgan fingerprint density at radius 1 is 1.33 bits per heavy atom. The van der Waals surface area contributed by atoms with E-state index >= 15 is 0 Å². The van der Waals surface area contributed by atoms with Crippen molar-refractivity contribution in [3.05, 3.63) is 34.9 Å². The van der Waals surface area contributed by atoms with Gasteiger partial charge in [0.05, 0.1) is 0 Å². The van der Waals surface area contributed by atoms with Crippen molar-refractivity contribution in [3.63, 3.8) is 0 Å². The summed E-state index contributed by atoms with van der Waals surface area (Å²) in [6.45, 7) is 3.16. The van der Waals surface area contributed by atoms with Gasteiger partial charge in [-0.2, -0.15) is 0 Å². The Morgan fingerprint density at radius 2 is 2.00 bits per heavy atom. The van der Waals surface area contributed by atoms with Gasteiger partial charge < -0.3 is 0 Å². The molecule has 3 heteroatoms. The number of benzene rings is 1. The minimum Gasteiger partial charge on any atom is -0.300 e. The van der Waals surface area contributed by atoms with Crippen LogP contribution in [-0.2, 0) is 0 Å². The third-order valence-electron chi connectivity index (χ3n) is 2.66. The Kier molecular flexibility index (Phi) is 5.44. The van der Waals surface area contributed by atoms with Crippen molar-refractivity contribution in [2.45, 2.75) is 19.4 Å². The quantitative estimate of drug-likeness (QED) is 0.711. The summed E-state index contributed by atoms with van der Waals surface area (Å²) in [6.07, 6.45) is 1.01. The fourth-order valence-corrected chi connectivity index (χ4v) is 1.97. The van der Waals surface area contributed by atoms with Gasteiger partial charge in [0.2, 0.25) is 0 Å². The Labute approximate surface area is 102 Å². The van der Waals surface area contributed by atoms with E-state index < -0.39 is 0 Å². The largest absolute Gasteiger partial charge is 0.300 e. The molecule has 0 bridgehead atoms. The normalized spacial score (nSPS) is 13.1. The molecule has 1 aromatic carbocycles. The van der Waals surface area contributed by atoms with Crippen LogP contribution in [0.2, 0.25) is 5.02 Å². The molecule has 0 aromatic heterocycles. The number of nitrogens with zero attached hydrogens (tertiary/aromatic N) is 1. The summed E-state index contributed by atoms with van der Waals surface area (Å²) >= 11 is 11.8. The zero-order valence-electron chi connectivity index (χ0n) is 9.21. The fraction of sp³-hybridized carbons (Fsp3) is 0.500. The zero-order chi connectivity index (χ0) is 11.3. The van der Waals surface area contributed by atoms with E-state index in [0.29, 0.717) is 11.9 Å². The second-order valence-corrected chi connectivity index (χ2v) is 4.51. The standard InChI is InChI=1S/C12H17Cl2N/c1-10(15(2)9-5-8-13)11-6-3-4-7-12(11)14/h3-4,6-7,10H,5,8-9H2,1-2H3. The van der Waals surface area contributed by atoms with Crippen molar-refractivity contribution in [1.82, 2.24) is 4.90 Å². The van der Waals surface area contributed by atoms with Crippen molar-refractivity contribution in [2.75, 3.05) is 19.5 Å². The molecule has 15 heavy (non-hydrogen) atoms. The number of halogens is 2. The maximum atomic E-state index is 6.14. The number of rotatable bonds is 5. The first-order valence-electron chi connectivity index (χ1n) is 5.17. The molecule has 0 aliphatic rings. The molecule has 84 valence electrons. The van der Waals surface area contributed by atoms with Gasteiger partial charge >= 0.3 is 0 Å². The van der Waals surface area contributed by atoms with Crippen molar-refractivity contribution in [3.8, 4) is 0 Å². The highest BCUT2D eigenvalue weighted by Gasteiger charge is 2.13. The predicted molar refractivity (Wildman–Crippen MR) is 67.8 cm³/mol. The zero-order valence-corrected chi connectivity index (χ0v) is 10.7. The van der Waals surface area contributed by atoms with E-state index in [2.05, 4.69) is 24.9 Å². The lowest BCUT2D eigenvalue weighted by Crippen LogP contribution is -2.24. The highest BCUT2D eigenvalue weighted by molar-refractivity contribution is 6.31. The van der Waals surface area contributed by atoms with Crippen molar-refractivity contribution in [1.29, 1.82) is 0 Å². The molecule has 1 aromatic rings. The van der Waals surface area contributed by atoms with Gasteiger partial charge in [-0.3, -0.25) is 4.90 Å². The van der Waals surface area contributed by atoms with Crippen molar-refractivity contribution >= 4 is 23.2 Å². The lowest BCUT2D eigenvalue weighted by Gasteiger charge is -2.25. The monoisotopic (exact) mass is 245 g/mol. The molecular formula is C12H17Cl2N. The van der Waals surface area contributed by atoms with E-state index in [1.807, 2.05) is 18.2 Å². The molecule has 0 saturated carbocycles. The molecular weight excluding hydrogens is 229 g/mol. The third-order valence-corrected chi connectivity index (χ3v) is 3.27. The van der Waals surface area contributed by atoms with Crippen LogP contribution in [0.5, 0.6) is 0 Å². The summed E-state index contributed by atoms with van der Waals surface area (Å²) in [5.74, 6) is 0.708. The average molecular weight is 246 g/mol. The van der Waals surface area contributed by atoms with Crippen LogP contribution in [0.3, 0.4) is 0 Å². The number of alkyl halides is 1. The summed E-state index contributed by atoms with van der Waals surface area (Å²) in [6, 6.07) is 8.32. The fourth-order valence-electron chi connectivity index (χ4n) is 1.55. The highest BCUT2D eigenvalue weighted by atomic mass is 35.5. The summed E-state index contributed by atoms with van der Waals surface area (Å²) in [5, 5.41) is 0.836. The summed E-state index contributed by atoms with van der Waals surface area (Å²) in [7, 11) is 2.10. The van der Waals surface area contributed by atoms with Crippen LogP contribution in [0.25, 0.3) is 0 Å². The molecule has 0 radical (unpaired) electrons. The van der Waals surface area contributed by atoms with Gasteiger partial charge in [-0.1, -0.05) is 29.8 Å². The topological polar surface area (TPSA) is 3.24 Å². The minimum absolute atomic E-state index is 0.335. The first-order valence-corrected chi connectivity index (χ1v) is 6.08. The van der Waals surface area contributed by atoms with E-state index in [1.165, 1.54) is 5.56 Å². The van der Waals surface area contributed by atoms with Crippen LogP contribution in [-0.4, -0.2) is 24.4 Å². The Balaban J connectivity index is 2.67. The van der Waals surface area contributed by atoms with Gasteiger partial charge in [0.15, 0.2) is 0 Å². The van der Waals surface area contributed by atoms with Crippen molar-refractivity contribution in [2.24, 2.45) is 0 Å². The third kappa shape index (κ3) is 3.67. The van der Waals surface area contributed by atoms with Crippen LogP contribution in [0.1, 0.15) is 24.9 Å². The van der Waals surface area contributed by atoms with Gasteiger partial charge in [0, 0.05) is 16.9 Å². The molecule has 0 saturated heterocycles. The van der Waals surface area contributed by atoms with E-state index in [0.717, 1.165) is 18.0 Å². The second-order valence-electron chi connectivity index (χ2n) is 3.72. The predicted octanol–water partition coefficient (Wildman–Crippen LogP) is 3.96. The lowest BCUT2D eigenvalue weighted by atomic mass is 10.1. The van der Waals surface area contributed by atoms with Gasteiger partial charge in [-0.05, 0) is 38.6 Å². The van der Waals surface area contributed by atoms with Crippen LogP contribution in [0.4, 0.5) is 0 Å². The van der Waals surface area contributed by atoms with Crippen LogP contribution < -0.4 is 0 Å². The molecule has 1 atom stereocenters. The summed E-state index contributed by atoms with van der Waals surface area (Å²) < 4.78 is 0. The van der Waals surface area contributed by atoms with E-state index in [9.17, 15) is 0 Å². The first kappa shape index (κ1) is 12.8. The van der Waals surface area contributed by atoms with Crippen LogP contribution in [0, 0.1) is 0 Å². The molecule has 0 aliphatic heterocycles. The molecule has 1 unspecified atom stereocenters. The lowest BCUT2D eigenvalue weighted by molar-refractivity contribution is 0.263. The molecule has 0 spiro atoms. The second kappa shape index (κ2) is 6.37. The maximum absolute atomic E-state index is 6.14. The van der Waals surface area contributed by atoms with E-state index in [-0.39, 0.29) is 0 Å². The average Bonchev–Trinajstić information content (AvgIpc) is 2.25. The summed E-state index contributed by atoms with van der Waals surface area (Å²) in [5.41, 5.74) is 1.18. The Morgan fingerprint density at radius 3 is 2.60 bits per heavy atom. The highest BCUT2D eigenvalue weighted by Crippen LogP contribution is 2.25. The van der Waals surface area contributed by atoms with Crippen LogP contribution in [0.15, 0.2) is 24.3 Å². The van der Waals surface area contributed by atoms with E-state index in [1.54, 1.807) is 0 Å². The van der Waals surface area contributed by atoms with Gasteiger partial charge in [0.1, 0.15) is 0 Å². The Bertz CT molecular complexity index is 301. The smallest absolute Gasteiger partial charge is 0.0453 e. The van der Waals surface area contributed by atoms with Crippen LogP contribution >= 0.6 is 23.2 Å². The van der Waals surface area contributed by atoms with E-state index in [4.69, 9.17) is 23.2 Å². The molecule has 0 N–H and O–H groups in total. The SMILES string of the molecule is CC(c1ccccc1Cl)N(C)CCCCl. The first-order chi connectivity index (χ1) is 7.16. The molecule has 1 rings (SSSR count). The van der Waals surface area contributed by atoms with Gasteiger partial charge in [-0.25, -0.2) is 0 Å². The summed E-state index contributed by atoms with van der Waals surface area (Å²) in [4.78, 5) is 2.27.